The van der Waals surface area contributed by atoms with E-state index in [9.17, 15) is 9.59 Å². The summed E-state index contributed by atoms with van der Waals surface area (Å²) in [4.78, 5) is 33.5. The zero-order valence-corrected chi connectivity index (χ0v) is 16.7. The van der Waals surface area contributed by atoms with E-state index in [-0.39, 0.29) is 12.2 Å². The van der Waals surface area contributed by atoms with Crippen molar-refractivity contribution in [1.29, 1.82) is 5.26 Å². The van der Waals surface area contributed by atoms with E-state index in [0.29, 0.717) is 22.7 Å². The molecule has 0 aliphatic carbocycles. The zero-order chi connectivity index (χ0) is 20.8. The Balaban J connectivity index is 1.59. The average Bonchev–Trinajstić information content (AvgIpc) is 3.17. The smallest absolute Gasteiger partial charge is 0.310 e. The summed E-state index contributed by atoms with van der Waals surface area (Å²) in [5.41, 5.74) is 2.66. The van der Waals surface area contributed by atoms with Gasteiger partial charge in [0.05, 0.1) is 23.9 Å². The molecule has 29 heavy (non-hydrogen) atoms. The number of thioether (sulfide) groups is 1. The minimum Gasteiger partial charge on any atom is -0.455 e. The third kappa shape index (κ3) is 4.89. The summed E-state index contributed by atoms with van der Waals surface area (Å²) in [7, 11) is 0. The summed E-state index contributed by atoms with van der Waals surface area (Å²) in [5, 5.41) is 15.5. The molecular weight excluding hydrogens is 392 g/mol. The number of nitrogens with one attached hydrogen (secondary N) is 1. The number of benzene rings is 1. The molecule has 2 aromatic heterocycles. The Morgan fingerprint density at radius 2 is 2.10 bits per heavy atom. The maximum absolute atomic E-state index is 12.2. The first kappa shape index (κ1) is 20.3. The van der Waals surface area contributed by atoms with Gasteiger partial charge in [-0.3, -0.25) is 9.59 Å². The number of fused-ring (bicyclic) bond motifs is 1. The van der Waals surface area contributed by atoms with Crippen LogP contribution in [-0.2, 0) is 20.7 Å². The summed E-state index contributed by atoms with van der Waals surface area (Å²) in [6, 6.07) is 9.17. The fourth-order valence-electron chi connectivity index (χ4n) is 2.74. The lowest BCUT2D eigenvalue weighted by molar-refractivity contribution is -0.146. The lowest BCUT2D eigenvalue weighted by atomic mass is 10.1. The van der Waals surface area contributed by atoms with Crippen LogP contribution in [0.5, 0.6) is 0 Å². The number of hydrogen-bond donors (Lipinski definition) is 1. The minimum absolute atomic E-state index is 0.0254. The molecule has 0 spiro atoms. The first-order valence-electron chi connectivity index (χ1n) is 8.69. The molecule has 2 heterocycles. The van der Waals surface area contributed by atoms with Crippen LogP contribution in [0.1, 0.15) is 17.0 Å². The Morgan fingerprint density at radius 3 is 2.90 bits per heavy atom. The number of ether oxygens (including phenoxy) is 1. The molecule has 0 unspecified atom stereocenters. The van der Waals surface area contributed by atoms with Crippen LogP contribution >= 0.6 is 11.8 Å². The fraction of sp³-hybridized carbons (Fsp3) is 0.263. The number of carbonyl (C=O) groups excluding carboxylic acids is 2. The van der Waals surface area contributed by atoms with Gasteiger partial charge in [0.2, 0.25) is 0 Å². The average molecular weight is 410 g/mol. The van der Waals surface area contributed by atoms with Crippen molar-refractivity contribution in [1.82, 2.24) is 19.6 Å². The Morgan fingerprint density at radius 1 is 1.31 bits per heavy atom. The molecule has 0 bridgehead atoms. The van der Waals surface area contributed by atoms with Gasteiger partial charge < -0.3 is 10.1 Å². The van der Waals surface area contributed by atoms with Crippen molar-refractivity contribution in [2.75, 3.05) is 17.7 Å². The third-order valence-corrected chi connectivity index (χ3v) is 5.07. The van der Waals surface area contributed by atoms with Crippen molar-refractivity contribution in [3.63, 3.8) is 0 Å². The first-order chi connectivity index (χ1) is 14.0. The standard InChI is InChI=1S/C19H18N6O3S/c1-12-14(13(2)25-19(23-12)21-11-22-25)9-18(27)28-10-17(26)24-15-5-3-4-6-16(15)29-8-7-20/h3-6,11H,8-10H2,1-2H3,(H,24,26). The van der Waals surface area contributed by atoms with Crippen LogP contribution in [0.2, 0.25) is 0 Å². The molecule has 1 aromatic carbocycles. The van der Waals surface area contributed by atoms with Crippen molar-refractivity contribution >= 4 is 35.1 Å². The summed E-state index contributed by atoms with van der Waals surface area (Å²) in [6.45, 7) is 3.20. The van der Waals surface area contributed by atoms with Crippen molar-refractivity contribution in [2.24, 2.45) is 0 Å². The van der Waals surface area contributed by atoms with Crippen LogP contribution in [0.4, 0.5) is 5.69 Å². The molecule has 0 radical (unpaired) electrons. The highest BCUT2D eigenvalue weighted by atomic mass is 32.2. The van der Waals surface area contributed by atoms with Gasteiger partial charge >= 0.3 is 5.97 Å². The van der Waals surface area contributed by atoms with Crippen molar-refractivity contribution in [3.8, 4) is 6.07 Å². The van der Waals surface area contributed by atoms with Gasteiger partial charge in [-0.25, -0.2) is 9.50 Å². The second-order valence-corrected chi connectivity index (χ2v) is 7.08. The van der Waals surface area contributed by atoms with E-state index in [4.69, 9.17) is 10.00 Å². The predicted octanol–water partition coefficient (Wildman–Crippen LogP) is 2.08. The molecule has 9 nitrogen and oxygen atoms in total. The zero-order valence-electron chi connectivity index (χ0n) is 15.9. The Kier molecular flexibility index (Phi) is 6.41. The molecule has 148 valence electrons. The third-order valence-electron chi connectivity index (χ3n) is 4.13. The molecule has 3 rings (SSSR count). The van der Waals surface area contributed by atoms with Gasteiger partial charge in [0.1, 0.15) is 6.33 Å². The summed E-state index contributed by atoms with van der Waals surface area (Å²) >= 11 is 1.32. The van der Waals surface area contributed by atoms with Gasteiger partial charge in [0.15, 0.2) is 6.61 Å². The van der Waals surface area contributed by atoms with E-state index < -0.39 is 18.5 Å². The van der Waals surface area contributed by atoms with Crippen molar-refractivity contribution in [2.45, 2.75) is 25.2 Å². The molecule has 0 atom stereocenters. The van der Waals surface area contributed by atoms with E-state index in [0.717, 1.165) is 10.6 Å². The van der Waals surface area contributed by atoms with Gasteiger partial charge in [-0.15, -0.1) is 11.8 Å². The van der Waals surface area contributed by atoms with Crippen LogP contribution in [-0.4, -0.2) is 43.8 Å². The molecular formula is C19H18N6O3S. The van der Waals surface area contributed by atoms with Gasteiger partial charge in [0.25, 0.3) is 11.7 Å². The number of rotatable bonds is 7. The van der Waals surface area contributed by atoms with Crippen LogP contribution in [0.3, 0.4) is 0 Å². The highest BCUT2D eigenvalue weighted by molar-refractivity contribution is 7.99. The molecule has 10 heteroatoms. The van der Waals surface area contributed by atoms with Crippen LogP contribution in [0, 0.1) is 25.2 Å². The van der Waals surface area contributed by atoms with Crippen molar-refractivity contribution in [3.05, 3.63) is 47.5 Å². The Labute approximate surface area is 171 Å². The molecule has 1 N–H and O–H groups in total. The lowest BCUT2D eigenvalue weighted by Crippen LogP contribution is -2.22. The number of nitrogens with zero attached hydrogens (tertiary/aromatic N) is 5. The van der Waals surface area contributed by atoms with E-state index in [1.165, 1.54) is 18.1 Å². The Bertz CT molecular complexity index is 1110. The maximum atomic E-state index is 12.2. The number of anilines is 1. The van der Waals surface area contributed by atoms with Crippen LogP contribution < -0.4 is 5.32 Å². The minimum atomic E-state index is -0.542. The highest BCUT2D eigenvalue weighted by Crippen LogP contribution is 2.26. The topological polar surface area (TPSA) is 122 Å². The number of aromatic nitrogens is 4. The number of hydrogen-bond acceptors (Lipinski definition) is 8. The number of aryl methyl sites for hydroxylation is 2. The number of amides is 1. The normalized spacial score (nSPS) is 10.5. The second kappa shape index (κ2) is 9.16. The summed E-state index contributed by atoms with van der Waals surface area (Å²) in [6.07, 6.45) is 1.37. The van der Waals surface area contributed by atoms with Gasteiger partial charge in [-0.2, -0.15) is 15.3 Å². The molecule has 0 aliphatic rings. The van der Waals surface area contributed by atoms with E-state index >= 15 is 0 Å². The van der Waals surface area contributed by atoms with Crippen LogP contribution in [0.15, 0.2) is 35.5 Å². The number of nitriles is 1. The summed E-state index contributed by atoms with van der Waals surface area (Å²) in [5.74, 6) is -0.268. The molecule has 0 saturated heterocycles. The molecule has 3 aromatic rings. The number of esters is 1. The highest BCUT2D eigenvalue weighted by Gasteiger charge is 2.16. The quantitative estimate of drug-likeness (QED) is 0.464. The largest absolute Gasteiger partial charge is 0.455 e. The summed E-state index contributed by atoms with van der Waals surface area (Å²) < 4.78 is 6.68. The van der Waals surface area contributed by atoms with Crippen LogP contribution in [0.25, 0.3) is 5.78 Å². The van der Waals surface area contributed by atoms with E-state index in [2.05, 4.69) is 20.4 Å². The van der Waals surface area contributed by atoms with E-state index in [1.54, 1.807) is 23.6 Å². The SMILES string of the molecule is Cc1nc2ncnn2c(C)c1CC(=O)OCC(=O)Nc1ccccc1SCC#N. The Hall–Kier alpha value is -3.45. The maximum Gasteiger partial charge on any atom is 0.310 e. The van der Waals surface area contributed by atoms with Gasteiger partial charge in [-0.1, -0.05) is 12.1 Å². The number of carbonyl (C=O) groups is 2. The fourth-order valence-corrected chi connectivity index (χ4v) is 3.41. The molecule has 0 saturated carbocycles. The monoisotopic (exact) mass is 410 g/mol. The predicted molar refractivity (Wildman–Crippen MR) is 106 cm³/mol. The number of para-hydroxylation sites is 1. The molecule has 0 aliphatic heterocycles. The molecule has 1 amide bonds. The van der Waals surface area contributed by atoms with Gasteiger partial charge in [0, 0.05) is 21.8 Å². The van der Waals surface area contributed by atoms with Crippen molar-refractivity contribution < 1.29 is 14.3 Å². The molecule has 0 fully saturated rings. The second-order valence-electron chi connectivity index (χ2n) is 6.06. The lowest BCUT2D eigenvalue weighted by Gasteiger charge is -2.11. The first-order valence-corrected chi connectivity index (χ1v) is 9.68. The van der Waals surface area contributed by atoms with E-state index in [1.807, 2.05) is 25.1 Å². The van der Waals surface area contributed by atoms with Gasteiger partial charge in [-0.05, 0) is 26.0 Å².